The van der Waals surface area contributed by atoms with Crippen LogP contribution >= 0.6 is 11.6 Å². The lowest BCUT2D eigenvalue weighted by atomic mass is 10.1. The van der Waals surface area contributed by atoms with E-state index in [9.17, 15) is 5.11 Å². The van der Waals surface area contributed by atoms with Gasteiger partial charge in [0.2, 0.25) is 0 Å². The average molecular weight is 334 g/mol. The molecule has 0 amide bonds. The van der Waals surface area contributed by atoms with Gasteiger partial charge in [-0.25, -0.2) is 4.68 Å². The molecule has 1 aliphatic rings. The van der Waals surface area contributed by atoms with Crippen molar-refractivity contribution in [3.8, 4) is 5.69 Å². The van der Waals surface area contributed by atoms with Crippen LogP contribution in [0.5, 0.6) is 0 Å². The van der Waals surface area contributed by atoms with Gasteiger partial charge >= 0.3 is 0 Å². The fourth-order valence-electron chi connectivity index (χ4n) is 3.25. The molecule has 1 aliphatic heterocycles. The van der Waals surface area contributed by atoms with Gasteiger partial charge in [-0.15, -0.1) is 0 Å². The Morgan fingerprint density at radius 1 is 1.30 bits per heavy atom. The van der Waals surface area contributed by atoms with Crippen LogP contribution in [-0.2, 0) is 6.54 Å². The highest BCUT2D eigenvalue weighted by molar-refractivity contribution is 6.30. The number of rotatable bonds is 4. The Balaban J connectivity index is 1.89. The zero-order valence-corrected chi connectivity index (χ0v) is 14.8. The van der Waals surface area contributed by atoms with Gasteiger partial charge in [0.1, 0.15) is 5.15 Å². The van der Waals surface area contributed by atoms with E-state index in [1.807, 2.05) is 11.6 Å². The van der Waals surface area contributed by atoms with Crippen molar-refractivity contribution in [2.45, 2.75) is 33.7 Å². The Kier molecular flexibility index (Phi) is 4.76. The summed E-state index contributed by atoms with van der Waals surface area (Å²) in [7, 11) is 0. The zero-order chi connectivity index (χ0) is 16.6. The molecular weight excluding hydrogens is 310 g/mol. The van der Waals surface area contributed by atoms with Crippen LogP contribution in [0.25, 0.3) is 5.69 Å². The lowest BCUT2D eigenvalue weighted by Gasteiger charge is -2.15. The average Bonchev–Trinajstić information content (AvgIpc) is 3.09. The number of aromatic nitrogens is 2. The Morgan fingerprint density at radius 2 is 2.09 bits per heavy atom. The molecule has 2 aromatic rings. The van der Waals surface area contributed by atoms with Crippen LogP contribution in [0.3, 0.4) is 0 Å². The van der Waals surface area contributed by atoms with Crippen LogP contribution < -0.4 is 0 Å². The monoisotopic (exact) mass is 333 g/mol. The Labute approximate surface area is 142 Å². The van der Waals surface area contributed by atoms with Crippen LogP contribution in [0.1, 0.15) is 28.8 Å². The number of aliphatic hydroxyl groups is 1. The molecular formula is C18H24ClN3O. The highest BCUT2D eigenvalue weighted by Crippen LogP contribution is 2.28. The second-order valence-corrected chi connectivity index (χ2v) is 6.99. The third kappa shape index (κ3) is 3.30. The topological polar surface area (TPSA) is 41.3 Å². The molecule has 0 bridgehead atoms. The van der Waals surface area contributed by atoms with E-state index in [1.165, 1.54) is 5.56 Å². The number of nitrogens with zero attached hydrogens (tertiary/aromatic N) is 3. The van der Waals surface area contributed by atoms with E-state index in [2.05, 4.69) is 42.0 Å². The van der Waals surface area contributed by atoms with Gasteiger partial charge in [0.15, 0.2) is 0 Å². The molecule has 0 aliphatic carbocycles. The van der Waals surface area contributed by atoms with Crippen molar-refractivity contribution in [2.75, 3.05) is 19.7 Å². The van der Waals surface area contributed by atoms with Gasteiger partial charge in [-0.3, -0.25) is 4.90 Å². The van der Waals surface area contributed by atoms with E-state index in [0.717, 1.165) is 48.6 Å². The summed E-state index contributed by atoms with van der Waals surface area (Å²) >= 11 is 6.66. The molecule has 1 N–H and O–H groups in total. The van der Waals surface area contributed by atoms with Crippen LogP contribution in [0, 0.1) is 26.7 Å². The number of aryl methyl sites for hydroxylation is 3. The normalized spacial score (nSPS) is 18.7. The van der Waals surface area contributed by atoms with E-state index in [1.54, 1.807) is 0 Å². The van der Waals surface area contributed by atoms with Crippen LogP contribution in [0.15, 0.2) is 18.2 Å². The zero-order valence-electron chi connectivity index (χ0n) is 14.0. The molecule has 1 fully saturated rings. The molecule has 2 heterocycles. The minimum atomic E-state index is 0.269. The van der Waals surface area contributed by atoms with Crippen molar-refractivity contribution in [1.29, 1.82) is 0 Å². The van der Waals surface area contributed by atoms with Gasteiger partial charge in [0.05, 0.1) is 11.4 Å². The highest BCUT2D eigenvalue weighted by atomic mass is 35.5. The maximum absolute atomic E-state index is 9.30. The molecule has 1 unspecified atom stereocenters. The summed E-state index contributed by atoms with van der Waals surface area (Å²) in [5.74, 6) is 0.392. The second-order valence-electron chi connectivity index (χ2n) is 6.63. The first-order valence-corrected chi connectivity index (χ1v) is 8.52. The molecule has 5 heteroatoms. The number of hydrogen-bond acceptors (Lipinski definition) is 3. The lowest BCUT2D eigenvalue weighted by Crippen LogP contribution is -2.21. The summed E-state index contributed by atoms with van der Waals surface area (Å²) in [6.45, 7) is 9.18. The molecule has 0 spiro atoms. The Morgan fingerprint density at radius 3 is 2.78 bits per heavy atom. The lowest BCUT2D eigenvalue weighted by molar-refractivity contribution is 0.220. The molecule has 0 radical (unpaired) electrons. The van der Waals surface area contributed by atoms with E-state index in [0.29, 0.717) is 11.1 Å². The van der Waals surface area contributed by atoms with E-state index < -0.39 is 0 Å². The molecule has 1 saturated heterocycles. The minimum absolute atomic E-state index is 0.269. The van der Waals surface area contributed by atoms with Crippen molar-refractivity contribution >= 4 is 11.6 Å². The number of likely N-dealkylation sites (tertiary alicyclic amines) is 1. The summed E-state index contributed by atoms with van der Waals surface area (Å²) in [4.78, 5) is 2.35. The summed E-state index contributed by atoms with van der Waals surface area (Å²) in [5.41, 5.74) is 5.46. The smallest absolute Gasteiger partial charge is 0.137 e. The van der Waals surface area contributed by atoms with Crippen LogP contribution in [-0.4, -0.2) is 39.5 Å². The Hall–Kier alpha value is -1.36. The van der Waals surface area contributed by atoms with Crippen LogP contribution in [0.2, 0.25) is 5.15 Å². The number of aliphatic hydroxyl groups excluding tert-OH is 1. The molecule has 1 aromatic carbocycles. The first-order valence-electron chi connectivity index (χ1n) is 8.14. The molecule has 0 saturated carbocycles. The van der Waals surface area contributed by atoms with E-state index in [-0.39, 0.29) is 6.61 Å². The second kappa shape index (κ2) is 6.63. The van der Waals surface area contributed by atoms with Crippen molar-refractivity contribution in [2.24, 2.45) is 5.92 Å². The SMILES string of the molecule is Cc1ccc(C)c(-n2nc(C)c(CN3CCC(CO)C3)c2Cl)c1. The predicted octanol–water partition coefficient (Wildman–Crippen LogP) is 3.27. The third-order valence-electron chi connectivity index (χ3n) is 4.72. The minimum Gasteiger partial charge on any atom is -0.396 e. The highest BCUT2D eigenvalue weighted by Gasteiger charge is 2.24. The van der Waals surface area contributed by atoms with Crippen molar-refractivity contribution in [3.63, 3.8) is 0 Å². The quantitative estimate of drug-likeness (QED) is 0.933. The first-order chi connectivity index (χ1) is 11.0. The fourth-order valence-corrected chi connectivity index (χ4v) is 3.57. The number of halogens is 1. The van der Waals surface area contributed by atoms with Crippen LogP contribution in [0.4, 0.5) is 0 Å². The van der Waals surface area contributed by atoms with Gasteiger partial charge in [-0.1, -0.05) is 23.7 Å². The van der Waals surface area contributed by atoms with Gasteiger partial charge in [0, 0.05) is 25.3 Å². The molecule has 4 nitrogen and oxygen atoms in total. The van der Waals surface area contributed by atoms with Gasteiger partial charge < -0.3 is 5.11 Å². The van der Waals surface area contributed by atoms with Gasteiger partial charge in [-0.2, -0.15) is 5.10 Å². The number of benzene rings is 1. The largest absolute Gasteiger partial charge is 0.396 e. The van der Waals surface area contributed by atoms with E-state index in [4.69, 9.17) is 11.6 Å². The summed E-state index contributed by atoms with van der Waals surface area (Å²) in [5, 5.41) is 14.7. The van der Waals surface area contributed by atoms with E-state index >= 15 is 0 Å². The molecule has 124 valence electrons. The molecule has 3 rings (SSSR count). The standard InChI is InChI=1S/C18H24ClN3O/c1-12-4-5-13(2)17(8-12)22-18(19)16(14(3)20-22)10-21-7-6-15(9-21)11-23/h4-5,8,15,23H,6-7,9-11H2,1-3H3. The predicted molar refractivity (Wildman–Crippen MR) is 93.3 cm³/mol. The van der Waals surface area contributed by atoms with Gasteiger partial charge in [-0.05, 0) is 56.8 Å². The maximum Gasteiger partial charge on any atom is 0.137 e. The summed E-state index contributed by atoms with van der Waals surface area (Å²) in [6.07, 6.45) is 1.05. The van der Waals surface area contributed by atoms with Crippen molar-refractivity contribution in [1.82, 2.24) is 14.7 Å². The van der Waals surface area contributed by atoms with Crippen molar-refractivity contribution in [3.05, 3.63) is 45.7 Å². The molecule has 23 heavy (non-hydrogen) atoms. The third-order valence-corrected chi connectivity index (χ3v) is 5.11. The number of hydrogen-bond donors (Lipinski definition) is 1. The van der Waals surface area contributed by atoms with Gasteiger partial charge in [0.25, 0.3) is 0 Å². The first kappa shape index (κ1) is 16.5. The maximum atomic E-state index is 9.30. The molecule has 1 aromatic heterocycles. The summed E-state index contributed by atoms with van der Waals surface area (Å²) in [6, 6.07) is 6.32. The fraction of sp³-hybridized carbons (Fsp3) is 0.500. The summed E-state index contributed by atoms with van der Waals surface area (Å²) < 4.78 is 1.86. The van der Waals surface area contributed by atoms with Crippen molar-refractivity contribution < 1.29 is 5.11 Å². The Bertz CT molecular complexity index is 711. The molecule has 1 atom stereocenters.